The molecule has 2 fully saturated rings. The Labute approximate surface area is 191 Å². The molecule has 0 aromatic heterocycles. The fourth-order valence-electron chi connectivity index (χ4n) is 2.17. The van der Waals surface area contributed by atoms with E-state index in [1.807, 2.05) is 22.2 Å². The quantitative estimate of drug-likeness (QED) is 0.369. The molecule has 0 aromatic rings. The van der Waals surface area contributed by atoms with Crippen LogP contribution in [0, 0.1) is 0 Å². The van der Waals surface area contributed by atoms with Crippen LogP contribution in [0.3, 0.4) is 0 Å². The second-order valence-corrected chi connectivity index (χ2v) is 7.01. The van der Waals surface area contributed by atoms with Gasteiger partial charge in [0.1, 0.15) is 0 Å². The summed E-state index contributed by atoms with van der Waals surface area (Å²) in [6, 6.07) is 0. The molecule has 4 nitrogen and oxygen atoms in total. The van der Waals surface area contributed by atoms with E-state index in [2.05, 4.69) is 23.0 Å². The molecule has 9 heteroatoms. The van der Waals surface area contributed by atoms with Gasteiger partial charge in [0.2, 0.25) is 0 Å². The SMILES string of the molecule is C=CN1CCN(C(=S)[S-])CC1.C=CN1CCN(C(=S)[S-])CC1.[Ca+2]. The number of thiocarbonyl (C=S) groups is 2. The van der Waals surface area contributed by atoms with Crippen LogP contribution in [-0.2, 0) is 25.3 Å². The molecule has 124 valence electrons. The van der Waals surface area contributed by atoms with E-state index >= 15 is 0 Å². The molecule has 2 rings (SSSR count). The number of nitrogens with zero attached hydrogens (tertiary/aromatic N) is 4. The second kappa shape index (κ2) is 12.9. The summed E-state index contributed by atoms with van der Waals surface area (Å²) in [7, 11) is 0. The van der Waals surface area contributed by atoms with E-state index in [0.717, 1.165) is 52.4 Å². The van der Waals surface area contributed by atoms with Crippen LogP contribution in [0.1, 0.15) is 0 Å². The molecule has 2 saturated heterocycles. The summed E-state index contributed by atoms with van der Waals surface area (Å²) >= 11 is 19.5. The van der Waals surface area contributed by atoms with Gasteiger partial charge in [-0.3, -0.25) is 0 Å². The van der Waals surface area contributed by atoms with Crippen molar-refractivity contribution in [3.8, 4) is 0 Å². The zero-order chi connectivity index (χ0) is 16.5. The predicted molar refractivity (Wildman–Crippen MR) is 112 cm³/mol. The van der Waals surface area contributed by atoms with Crippen LogP contribution in [0.15, 0.2) is 25.6 Å². The Morgan fingerprint density at radius 2 is 0.957 bits per heavy atom. The van der Waals surface area contributed by atoms with Gasteiger partial charge in [-0.2, -0.15) is 0 Å². The topological polar surface area (TPSA) is 13.0 Å². The minimum atomic E-state index is 0. The summed E-state index contributed by atoms with van der Waals surface area (Å²) in [6.07, 6.45) is 3.73. The van der Waals surface area contributed by atoms with E-state index < -0.39 is 0 Å². The average molecular weight is 415 g/mol. The van der Waals surface area contributed by atoms with Gasteiger partial charge in [-0.25, -0.2) is 0 Å². The van der Waals surface area contributed by atoms with Crippen LogP contribution in [-0.4, -0.2) is 118 Å². The third-order valence-corrected chi connectivity index (χ3v) is 4.69. The van der Waals surface area contributed by atoms with E-state index in [4.69, 9.17) is 49.7 Å². The monoisotopic (exact) mass is 414 g/mol. The largest absolute Gasteiger partial charge is 2.00 e. The predicted octanol–water partition coefficient (Wildman–Crippen LogP) is 0.778. The first-order chi connectivity index (χ1) is 10.5. The van der Waals surface area contributed by atoms with Gasteiger partial charge >= 0.3 is 37.7 Å². The van der Waals surface area contributed by atoms with Crippen molar-refractivity contribution in [3.05, 3.63) is 25.6 Å². The molecule has 0 saturated carbocycles. The Bertz CT molecular complexity index is 368. The molecule has 0 aliphatic carbocycles. The Hall–Kier alpha value is 0.560. The van der Waals surface area contributed by atoms with Gasteiger partial charge in [-0.1, -0.05) is 21.8 Å². The van der Waals surface area contributed by atoms with Gasteiger partial charge in [-0.05, 0) is 12.4 Å². The Balaban J connectivity index is 0.000000403. The molecule has 0 spiro atoms. The third kappa shape index (κ3) is 9.00. The van der Waals surface area contributed by atoms with Crippen molar-refractivity contribution >= 4 is 96.1 Å². The van der Waals surface area contributed by atoms with Gasteiger partial charge in [0.15, 0.2) is 0 Å². The molecular weight excluding hydrogens is 393 g/mol. The number of hydrogen-bond acceptors (Lipinski definition) is 6. The molecule has 23 heavy (non-hydrogen) atoms. The smallest absolute Gasteiger partial charge is 0.411 e. The van der Waals surface area contributed by atoms with Crippen molar-refractivity contribution in [2.45, 2.75) is 0 Å². The summed E-state index contributed by atoms with van der Waals surface area (Å²) in [4.78, 5) is 8.43. The van der Waals surface area contributed by atoms with E-state index in [9.17, 15) is 0 Å². The molecule has 0 N–H and O–H groups in total. The van der Waals surface area contributed by atoms with E-state index in [1.54, 1.807) is 0 Å². The van der Waals surface area contributed by atoms with Crippen LogP contribution in [0.5, 0.6) is 0 Å². The normalized spacial score (nSPS) is 17.4. The summed E-state index contributed by atoms with van der Waals surface area (Å²) in [5.41, 5.74) is 0. The first-order valence-electron chi connectivity index (χ1n) is 7.13. The fourth-order valence-corrected chi connectivity index (χ4v) is 2.90. The van der Waals surface area contributed by atoms with E-state index in [-0.39, 0.29) is 37.7 Å². The summed E-state index contributed by atoms with van der Waals surface area (Å²) in [5.74, 6) is 0. The van der Waals surface area contributed by atoms with Crippen LogP contribution in [0.4, 0.5) is 0 Å². The number of rotatable bonds is 2. The van der Waals surface area contributed by atoms with Gasteiger partial charge < -0.3 is 69.3 Å². The molecule has 2 heterocycles. The van der Waals surface area contributed by atoms with E-state index in [0.29, 0.717) is 8.64 Å². The number of hydrogen-bond donors (Lipinski definition) is 0. The maximum absolute atomic E-state index is 4.89. The van der Waals surface area contributed by atoms with Crippen molar-refractivity contribution in [2.24, 2.45) is 0 Å². The van der Waals surface area contributed by atoms with Crippen LogP contribution < -0.4 is 0 Å². The summed E-state index contributed by atoms with van der Waals surface area (Å²) in [5, 5.41) is 0. The standard InChI is InChI=1S/2C7H12N2S2.Ca/c2*1-2-8-3-5-9(6-4-8)7(10)11;/h2*2H,1,3-6H2,(H,10,11);/q;;+2/p-2. The molecule has 0 amide bonds. The fraction of sp³-hybridized carbons (Fsp3) is 0.571. The Kier molecular flexibility index (Phi) is 13.2. The van der Waals surface area contributed by atoms with Gasteiger partial charge in [0.05, 0.1) is 0 Å². The summed E-state index contributed by atoms with van der Waals surface area (Å²) in [6.45, 7) is 15.1. The zero-order valence-electron chi connectivity index (χ0n) is 13.4. The van der Waals surface area contributed by atoms with Crippen molar-refractivity contribution in [1.29, 1.82) is 0 Å². The first-order valence-corrected chi connectivity index (χ1v) is 8.76. The minimum Gasteiger partial charge on any atom is -0.411 e. The Morgan fingerprint density at radius 3 is 1.13 bits per heavy atom. The molecule has 0 radical (unpaired) electrons. The molecular formula is C14H22CaN4S4. The molecule has 0 atom stereocenters. The van der Waals surface area contributed by atoms with Crippen LogP contribution in [0.2, 0.25) is 0 Å². The van der Waals surface area contributed by atoms with Crippen molar-refractivity contribution in [2.75, 3.05) is 52.4 Å². The van der Waals surface area contributed by atoms with E-state index in [1.165, 1.54) is 0 Å². The van der Waals surface area contributed by atoms with Gasteiger partial charge in [-0.15, -0.1) is 0 Å². The first kappa shape index (κ1) is 23.6. The Morgan fingerprint density at radius 1 is 0.696 bits per heavy atom. The van der Waals surface area contributed by atoms with Crippen molar-refractivity contribution in [3.63, 3.8) is 0 Å². The molecule has 2 aliphatic rings. The minimum absolute atomic E-state index is 0. The van der Waals surface area contributed by atoms with Gasteiger partial charge in [0, 0.05) is 52.4 Å². The molecule has 0 bridgehead atoms. The van der Waals surface area contributed by atoms with Crippen LogP contribution >= 0.6 is 24.4 Å². The third-order valence-electron chi connectivity index (χ3n) is 3.66. The summed E-state index contributed by atoms with van der Waals surface area (Å²) < 4.78 is 1.18. The number of piperazine rings is 2. The molecule has 2 aliphatic heterocycles. The molecule has 0 unspecified atom stereocenters. The average Bonchev–Trinajstić information content (AvgIpc) is 2.55. The maximum atomic E-state index is 4.89. The van der Waals surface area contributed by atoms with Crippen molar-refractivity contribution in [1.82, 2.24) is 19.6 Å². The van der Waals surface area contributed by atoms with Gasteiger partial charge in [0.25, 0.3) is 0 Å². The second-order valence-electron chi connectivity index (χ2n) is 4.94. The molecule has 0 aromatic carbocycles. The maximum Gasteiger partial charge on any atom is 2.00 e. The van der Waals surface area contributed by atoms with Crippen LogP contribution in [0.25, 0.3) is 0 Å². The van der Waals surface area contributed by atoms with Crippen molar-refractivity contribution < 1.29 is 0 Å². The zero-order valence-corrected chi connectivity index (χ0v) is 18.8.